The van der Waals surface area contributed by atoms with Crippen molar-refractivity contribution in [3.63, 3.8) is 0 Å². The van der Waals surface area contributed by atoms with E-state index < -0.39 is 5.95 Å². The summed E-state index contributed by atoms with van der Waals surface area (Å²) in [4.78, 5) is 8.48. The molecule has 4 nitrogen and oxygen atoms in total. The van der Waals surface area contributed by atoms with Crippen molar-refractivity contribution >= 4 is 22.0 Å². The third-order valence-corrected chi connectivity index (χ3v) is 5.51. The van der Waals surface area contributed by atoms with E-state index in [2.05, 4.69) is 44.4 Å². The zero-order chi connectivity index (χ0) is 18.9. The molecular weight excluding hydrogens is 351 g/mol. The van der Waals surface area contributed by atoms with Gasteiger partial charge in [-0.3, -0.25) is 5.10 Å². The molecule has 0 bridgehead atoms. The maximum Gasteiger partial charge on any atom is 0.216 e. The smallest absolute Gasteiger partial charge is 0.216 e. The van der Waals surface area contributed by atoms with Gasteiger partial charge in [-0.25, -0.2) is 9.97 Å². The van der Waals surface area contributed by atoms with Crippen molar-refractivity contribution in [1.82, 2.24) is 20.2 Å². The van der Waals surface area contributed by atoms with Gasteiger partial charge in [-0.15, -0.1) is 0 Å². The molecule has 2 heterocycles. The molecule has 5 rings (SSSR count). The Hall–Kier alpha value is -3.34. The summed E-state index contributed by atoms with van der Waals surface area (Å²) < 4.78 is 14.2. The highest BCUT2D eigenvalue weighted by Gasteiger charge is 2.27. The topological polar surface area (TPSA) is 54.5 Å². The van der Waals surface area contributed by atoms with Crippen LogP contribution in [0.4, 0.5) is 4.39 Å². The Balaban J connectivity index is 1.81. The van der Waals surface area contributed by atoms with E-state index in [4.69, 9.17) is 0 Å². The van der Waals surface area contributed by atoms with Gasteiger partial charge in [0, 0.05) is 18.0 Å². The Bertz CT molecular complexity index is 1150. The lowest BCUT2D eigenvalue weighted by molar-refractivity contribution is 0.401. The van der Waals surface area contributed by atoms with Gasteiger partial charge in [0.1, 0.15) is 6.33 Å². The number of H-pyrrole nitrogens is 1. The zero-order valence-corrected chi connectivity index (χ0v) is 15.3. The molecule has 138 valence electrons. The van der Waals surface area contributed by atoms with E-state index in [9.17, 15) is 4.39 Å². The van der Waals surface area contributed by atoms with E-state index in [1.165, 1.54) is 23.9 Å². The first-order valence-corrected chi connectivity index (χ1v) is 9.50. The number of halogens is 1. The molecule has 0 saturated heterocycles. The SMILES string of the molecule is Fc1[nH]nc2ccc(/C(=C(/c3ccccc3)C3CCC3)c3cncnc3)cc12. The van der Waals surface area contributed by atoms with Crippen molar-refractivity contribution in [3.05, 3.63) is 89.9 Å². The second-order valence-electron chi connectivity index (χ2n) is 7.18. The molecule has 0 aliphatic heterocycles. The molecule has 0 spiro atoms. The Morgan fingerprint density at radius 1 is 0.929 bits per heavy atom. The fourth-order valence-electron chi connectivity index (χ4n) is 3.94. The molecule has 0 amide bonds. The molecule has 1 fully saturated rings. The third-order valence-electron chi connectivity index (χ3n) is 5.51. The van der Waals surface area contributed by atoms with Gasteiger partial charge in [0.05, 0.1) is 10.9 Å². The fraction of sp³-hybridized carbons (Fsp3) is 0.174. The van der Waals surface area contributed by atoms with E-state index >= 15 is 0 Å². The standard InChI is InChI=1S/C23H19FN4/c24-23-19-11-17(9-10-20(19)27-28-23)22(18-12-25-14-26-13-18)21(16-7-4-8-16)15-5-2-1-3-6-15/h1-3,5-6,9-14,16H,4,7-8H2,(H,27,28)/b22-21+. The van der Waals surface area contributed by atoms with Gasteiger partial charge in [-0.1, -0.05) is 42.8 Å². The lowest BCUT2D eigenvalue weighted by Crippen LogP contribution is -2.15. The highest BCUT2D eigenvalue weighted by Crippen LogP contribution is 2.45. The molecule has 28 heavy (non-hydrogen) atoms. The highest BCUT2D eigenvalue weighted by molar-refractivity contribution is 6.01. The lowest BCUT2D eigenvalue weighted by Gasteiger charge is -2.31. The van der Waals surface area contributed by atoms with Crippen molar-refractivity contribution in [2.24, 2.45) is 5.92 Å². The first kappa shape index (κ1) is 16.8. The minimum Gasteiger partial charge on any atom is -0.252 e. The van der Waals surface area contributed by atoms with Crippen LogP contribution in [0.2, 0.25) is 0 Å². The molecule has 2 aromatic carbocycles. The molecule has 1 saturated carbocycles. The Labute approximate surface area is 162 Å². The lowest BCUT2D eigenvalue weighted by atomic mass is 9.73. The molecule has 4 aromatic rings. The molecule has 0 atom stereocenters. The average Bonchev–Trinajstić information content (AvgIpc) is 3.08. The number of hydrogen-bond donors (Lipinski definition) is 1. The summed E-state index contributed by atoms with van der Waals surface area (Å²) in [5.41, 5.74) is 6.06. The minimum absolute atomic E-state index is 0.412. The minimum atomic E-state index is -0.412. The van der Waals surface area contributed by atoms with Crippen LogP contribution < -0.4 is 0 Å². The number of aromatic nitrogens is 4. The van der Waals surface area contributed by atoms with Gasteiger partial charge in [-0.05, 0) is 53.2 Å². The van der Waals surface area contributed by atoms with Crippen LogP contribution in [0.3, 0.4) is 0 Å². The van der Waals surface area contributed by atoms with Crippen molar-refractivity contribution in [2.45, 2.75) is 19.3 Å². The number of hydrogen-bond acceptors (Lipinski definition) is 3. The van der Waals surface area contributed by atoms with Crippen LogP contribution in [0.15, 0.2) is 67.3 Å². The van der Waals surface area contributed by atoms with Crippen LogP contribution in [0, 0.1) is 11.9 Å². The maximum atomic E-state index is 14.2. The number of allylic oxidation sites excluding steroid dienone is 1. The second-order valence-corrected chi connectivity index (χ2v) is 7.18. The third kappa shape index (κ3) is 2.89. The van der Waals surface area contributed by atoms with E-state index in [-0.39, 0.29) is 0 Å². The normalized spacial score (nSPS) is 15.3. The van der Waals surface area contributed by atoms with E-state index in [0.29, 0.717) is 16.8 Å². The van der Waals surface area contributed by atoms with E-state index in [1.54, 1.807) is 0 Å². The van der Waals surface area contributed by atoms with Crippen molar-refractivity contribution in [2.75, 3.05) is 0 Å². The summed E-state index contributed by atoms with van der Waals surface area (Å²) in [6.45, 7) is 0. The van der Waals surface area contributed by atoms with Gasteiger partial charge in [0.25, 0.3) is 0 Å². The van der Waals surface area contributed by atoms with Crippen molar-refractivity contribution in [1.29, 1.82) is 0 Å². The number of rotatable bonds is 4. The number of fused-ring (bicyclic) bond motifs is 1. The molecule has 1 aliphatic carbocycles. The Kier molecular flexibility index (Phi) is 4.20. The zero-order valence-electron chi connectivity index (χ0n) is 15.3. The second kappa shape index (κ2) is 7.00. The number of nitrogens with zero attached hydrogens (tertiary/aromatic N) is 3. The monoisotopic (exact) mass is 370 g/mol. The number of aromatic amines is 1. The van der Waals surface area contributed by atoms with Crippen LogP contribution in [0.1, 0.15) is 36.0 Å². The largest absolute Gasteiger partial charge is 0.252 e. The van der Waals surface area contributed by atoms with Gasteiger partial charge in [0.2, 0.25) is 5.95 Å². The molecule has 0 unspecified atom stereocenters. The molecule has 0 radical (unpaired) electrons. The summed E-state index contributed by atoms with van der Waals surface area (Å²) in [6.07, 6.45) is 8.74. The Morgan fingerprint density at radius 3 is 2.43 bits per heavy atom. The van der Waals surface area contributed by atoms with Gasteiger partial charge in [0.15, 0.2) is 0 Å². The molecule has 2 aromatic heterocycles. The van der Waals surface area contributed by atoms with Crippen LogP contribution in [0.5, 0.6) is 0 Å². The Morgan fingerprint density at radius 2 is 1.71 bits per heavy atom. The van der Waals surface area contributed by atoms with Crippen LogP contribution >= 0.6 is 0 Å². The summed E-state index contributed by atoms with van der Waals surface area (Å²) in [5.74, 6) is 0.0629. The van der Waals surface area contributed by atoms with Gasteiger partial charge >= 0.3 is 0 Å². The first-order valence-electron chi connectivity index (χ1n) is 9.50. The maximum absolute atomic E-state index is 14.2. The number of benzene rings is 2. The van der Waals surface area contributed by atoms with Crippen molar-refractivity contribution in [3.8, 4) is 0 Å². The van der Waals surface area contributed by atoms with Gasteiger partial charge < -0.3 is 0 Å². The summed E-state index contributed by atoms with van der Waals surface area (Å²) in [6, 6.07) is 16.2. The van der Waals surface area contributed by atoms with Crippen LogP contribution in [-0.2, 0) is 0 Å². The predicted octanol–water partition coefficient (Wildman–Crippen LogP) is 5.25. The average molecular weight is 370 g/mol. The molecule has 1 N–H and O–H groups in total. The quantitative estimate of drug-likeness (QED) is 0.499. The predicted molar refractivity (Wildman–Crippen MR) is 108 cm³/mol. The van der Waals surface area contributed by atoms with Crippen LogP contribution in [0.25, 0.3) is 22.0 Å². The van der Waals surface area contributed by atoms with Crippen molar-refractivity contribution < 1.29 is 4.39 Å². The summed E-state index contributed by atoms with van der Waals surface area (Å²) in [5, 5.41) is 6.94. The molecule has 1 aliphatic rings. The first-order chi connectivity index (χ1) is 13.8. The summed E-state index contributed by atoms with van der Waals surface area (Å²) >= 11 is 0. The summed E-state index contributed by atoms with van der Waals surface area (Å²) in [7, 11) is 0. The fourth-order valence-corrected chi connectivity index (χ4v) is 3.94. The highest BCUT2D eigenvalue weighted by atomic mass is 19.1. The van der Waals surface area contributed by atoms with Gasteiger partial charge in [-0.2, -0.15) is 9.49 Å². The van der Waals surface area contributed by atoms with E-state index in [0.717, 1.165) is 29.5 Å². The number of nitrogens with one attached hydrogen (secondary N) is 1. The molecule has 5 heteroatoms. The van der Waals surface area contributed by atoms with E-state index in [1.807, 2.05) is 36.7 Å². The molecular formula is C23H19FN4. The van der Waals surface area contributed by atoms with Crippen LogP contribution in [-0.4, -0.2) is 20.2 Å².